The van der Waals surface area contributed by atoms with E-state index in [0.717, 1.165) is 30.3 Å². The molecule has 0 aliphatic carbocycles. The fourth-order valence-corrected chi connectivity index (χ4v) is 4.31. The zero-order chi connectivity index (χ0) is 20.2. The van der Waals surface area contributed by atoms with Crippen molar-refractivity contribution >= 4 is 21.4 Å². The predicted molar refractivity (Wildman–Crippen MR) is 120 cm³/mol. The fourth-order valence-electron chi connectivity index (χ4n) is 3.13. The Bertz CT molecular complexity index is 610. The second-order valence-corrected chi connectivity index (χ2v) is 9.99. The molecule has 0 heterocycles. The van der Waals surface area contributed by atoms with Gasteiger partial charge in [0.15, 0.2) is 0 Å². The Morgan fingerprint density at radius 1 is 0.778 bits per heavy atom. The summed E-state index contributed by atoms with van der Waals surface area (Å²) < 4.78 is 28.0. The highest BCUT2D eigenvalue weighted by molar-refractivity contribution is 7.92. The van der Waals surface area contributed by atoms with Gasteiger partial charge in [-0.2, -0.15) is 0 Å². The van der Waals surface area contributed by atoms with E-state index in [4.69, 9.17) is 0 Å². The van der Waals surface area contributed by atoms with E-state index < -0.39 is 10.0 Å². The minimum Gasteiger partial charge on any atom is -0.296 e. The molecule has 0 bridgehead atoms. The van der Waals surface area contributed by atoms with Gasteiger partial charge in [0.05, 0.1) is 26.4 Å². The van der Waals surface area contributed by atoms with Crippen molar-refractivity contribution in [2.24, 2.45) is 0 Å². The summed E-state index contributed by atoms with van der Waals surface area (Å²) in [5, 5.41) is 0. The normalized spacial score (nSPS) is 12.3. The molecule has 0 unspecified atom stereocenters. The third-order valence-corrected chi connectivity index (χ3v) is 6.77. The molecule has 1 aromatic rings. The van der Waals surface area contributed by atoms with Gasteiger partial charge in [-0.3, -0.25) is 9.21 Å². The Morgan fingerprint density at radius 2 is 1.26 bits per heavy atom. The van der Waals surface area contributed by atoms with Crippen LogP contribution in [0, 0.1) is 0 Å². The molecule has 0 aliphatic rings. The third-order valence-electron chi connectivity index (χ3n) is 5.40. The molecule has 0 radical (unpaired) electrons. The molecule has 1 aromatic carbocycles. The first-order valence-electron chi connectivity index (χ1n) is 10.7. The lowest BCUT2D eigenvalue weighted by atomic mass is 10.1. The molecular formula is C22H41N2O2S+. The number of sulfonamides is 1. The van der Waals surface area contributed by atoms with Gasteiger partial charge >= 0.3 is 0 Å². The summed E-state index contributed by atoms with van der Waals surface area (Å²) in [6.45, 7) is 5.37. The van der Waals surface area contributed by atoms with Crippen LogP contribution in [0.15, 0.2) is 24.3 Å². The van der Waals surface area contributed by atoms with Gasteiger partial charge in [0, 0.05) is 17.8 Å². The molecule has 156 valence electrons. The molecule has 0 aliphatic heterocycles. The number of nitrogens with one attached hydrogen (secondary N) is 1. The van der Waals surface area contributed by atoms with Crippen molar-refractivity contribution in [1.29, 1.82) is 0 Å². The zero-order valence-corrected chi connectivity index (χ0v) is 18.8. The molecule has 0 amide bonds. The Morgan fingerprint density at radius 3 is 1.74 bits per heavy atom. The lowest BCUT2D eigenvalue weighted by Gasteiger charge is -2.27. The van der Waals surface area contributed by atoms with E-state index in [-0.39, 0.29) is 5.75 Å². The van der Waals surface area contributed by atoms with Crippen molar-refractivity contribution in [1.82, 2.24) is 4.48 Å². The van der Waals surface area contributed by atoms with Gasteiger partial charge in [0.1, 0.15) is 5.69 Å². The summed E-state index contributed by atoms with van der Waals surface area (Å²) in [4.78, 5) is 0. The van der Waals surface area contributed by atoms with Crippen LogP contribution in [0.5, 0.6) is 0 Å². The maximum Gasteiger partial charge on any atom is 0.232 e. The van der Waals surface area contributed by atoms with E-state index in [2.05, 4.69) is 32.7 Å². The van der Waals surface area contributed by atoms with Crippen molar-refractivity contribution in [2.45, 2.75) is 78.1 Å². The molecule has 0 aromatic heterocycles. The Hall–Kier alpha value is -1.07. The van der Waals surface area contributed by atoms with Gasteiger partial charge in [-0.1, -0.05) is 64.7 Å². The highest BCUT2D eigenvalue weighted by Crippen LogP contribution is 2.22. The lowest BCUT2D eigenvalue weighted by Crippen LogP contribution is -2.39. The second-order valence-electron chi connectivity index (χ2n) is 8.15. The molecule has 0 atom stereocenters. The maximum absolute atomic E-state index is 12.3. The highest BCUT2D eigenvalue weighted by atomic mass is 32.2. The van der Waals surface area contributed by atoms with E-state index in [1.54, 1.807) is 0 Å². The summed E-state index contributed by atoms with van der Waals surface area (Å²) in [5.74, 6) is 0.210. The smallest absolute Gasteiger partial charge is 0.232 e. The van der Waals surface area contributed by atoms with Crippen molar-refractivity contribution in [2.75, 3.05) is 31.1 Å². The average Bonchev–Trinajstić information content (AvgIpc) is 2.63. The Balaban J connectivity index is 2.24. The summed E-state index contributed by atoms with van der Waals surface area (Å²) in [6, 6.07) is 7.73. The first kappa shape index (κ1) is 24.0. The van der Waals surface area contributed by atoms with Gasteiger partial charge < -0.3 is 0 Å². The lowest BCUT2D eigenvalue weighted by molar-refractivity contribution is 0.421. The van der Waals surface area contributed by atoms with Gasteiger partial charge in [-0.05, 0) is 25.5 Å². The first-order valence-corrected chi connectivity index (χ1v) is 12.4. The molecule has 0 spiro atoms. The molecule has 1 rings (SSSR count). The molecule has 0 saturated heterocycles. The number of rotatable bonds is 15. The van der Waals surface area contributed by atoms with Crippen molar-refractivity contribution in [3.8, 4) is 0 Å². The van der Waals surface area contributed by atoms with Crippen LogP contribution in [-0.2, 0) is 10.0 Å². The van der Waals surface area contributed by atoms with E-state index in [0.29, 0.717) is 5.69 Å². The van der Waals surface area contributed by atoms with E-state index >= 15 is 0 Å². The number of hydrogen-bond donors (Lipinski definition) is 1. The van der Waals surface area contributed by atoms with E-state index in [1.165, 1.54) is 50.6 Å². The molecule has 27 heavy (non-hydrogen) atoms. The van der Waals surface area contributed by atoms with Crippen molar-refractivity contribution in [3.63, 3.8) is 0 Å². The van der Waals surface area contributed by atoms with Crippen molar-refractivity contribution < 1.29 is 8.42 Å². The van der Waals surface area contributed by atoms with Gasteiger partial charge in [-0.25, -0.2) is 8.42 Å². The standard InChI is InChI=1S/C22H41N2O2S/c1-5-7-8-9-10-11-12-13-14-15-20-27(25,26)23-21-16-18-22(19-17-21)24(3,4)6-2/h16-19,23H,5-15,20H2,1-4H3/q+1. The van der Waals surface area contributed by atoms with Crippen LogP contribution in [-0.4, -0.2) is 34.8 Å². The highest BCUT2D eigenvalue weighted by Gasteiger charge is 2.16. The number of benzene rings is 1. The molecule has 5 heteroatoms. The molecule has 1 N–H and O–H groups in total. The van der Waals surface area contributed by atoms with E-state index in [1.807, 2.05) is 24.3 Å². The largest absolute Gasteiger partial charge is 0.296 e. The number of anilines is 1. The summed E-state index contributed by atoms with van der Waals surface area (Å²) >= 11 is 0. The second kappa shape index (κ2) is 12.4. The average molecular weight is 398 g/mol. The van der Waals surface area contributed by atoms with E-state index in [9.17, 15) is 8.42 Å². The van der Waals surface area contributed by atoms with Crippen LogP contribution >= 0.6 is 0 Å². The number of nitrogens with zero attached hydrogens (tertiary/aromatic N) is 1. The molecular weight excluding hydrogens is 356 g/mol. The quantitative estimate of drug-likeness (QED) is 0.294. The maximum atomic E-state index is 12.3. The van der Waals surface area contributed by atoms with Crippen LogP contribution in [0.1, 0.15) is 78.1 Å². The van der Waals surface area contributed by atoms with Gasteiger partial charge in [0.2, 0.25) is 10.0 Å². The summed E-state index contributed by atoms with van der Waals surface area (Å²) in [7, 11) is 1.04. The number of hydrogen-bond acceptors (Lipinski definition) is 2. The van der Waals surface area contributed by atoms with Gasteiger partial charge in [0.25, 0.3) is 0 Å². The van der Waals surface area contributed by atoms with Crippen LogP contribution < -0.4 is 9.21 Å². The van der Waals surface area contributed by atoms with Crippen LogP contribution in [0.2, 0.25) is 0 Å². The zero-order valence-electron chi connectivity index (χ0n) is 18.0. The van der Waals surface area contributed by atoms with Crippen LogP contribution in [0.25, 0.3) is 0 Å². The number of quaternary nitrogens is 1. The minimum atomic E-state index is -3.25. The summed E-state index contributed by atoms with van der Waals surface area (Å²) in [6.07, 6.45) is 12.1. The topological polar surface area (TPSA) is 46.2 Å². The minimum absolute atomic E-state index is 0.210. The van der Waals surface area contributed by atoms with Gasteiger partial charge in [-0.15, -0.1) is 0 Å². The third kappa shape index (κ3) is 10.2. The number of unbranched alkanes of at least 4 members (excludes halogenated alkanes) is 9. The molecule has 0 fully saturated rings. The summed E-state index contributed by atoms with van der Waals surface area (Å²) in [5.41, 5.74) is 1.83. The monoisotopic (exact) mass is 397 g/mol. The Labute approximate surface area is 168 Å². The first-order chi connectivity index (χ1) is 12.8. The fraction of sp³-hybridized carbons (Fsp3) is 0.727. The Kier molecular flexibility index (Phi) is 11.0. The SMILES string of the molecule is CCCCCCCCCCCCS(=O)(=O)Nc1ccc([N+](C)(C)CC)cc1. The van der Waals surface area contributed by atoms with Crippen molar-refractivity contribution in [3.05, 3.63) is 24.3 Å². The molecule has 4 nitrogen and oxygen atoms in total. The predicted octanol–water partition coefficient (Wildman–Crippen LogP) is 5.94. The molecule has 0 saturated carbocycles. The van der Waals surface area contributed by atoms with Crippen LogP contribution in [0.4, 0.5) is 11.4 Å². The van der Waals surface area contributed by atoms with Crippen LogP contribution in [0.3, 0.4) is 0 Å².